The van der Waals surface area contributed by atoms with E-state index in [-0.39, 0.29) is 19.4 Å². The highest BCUT2D eigenvalue weighted by molar-refractivity contribution is 7.46. The maximum absolute atomic E-state index is 12.4. The third-order valence-corrected chi connectivity index (χ3v) is 10.2. The van der Waals surface area contributed by atoms with E-state index < -0.39 is 32.5 Å². The summed E-state index contributed by atoms with van der Waals surface area (Å²) >= 11 is 0. The predicted molar refractivity (Wildman–Crippen MR) is 221 cm³/mol. The fourth-order valence-electron chi connectivity index (χ4n) is 6.39. The van der Waals surface area contributed by atoms with Crippen molar-refractivity contribution in [3.8, 4) is 0 Å². The molecule has 0 bridgehead atoms. The lowest BCUT2D eigenvalue weighted by Gasteiger charge is -2.18. The molecule has 0 fully saturated rings. The second-order valence-electron chi connectivity index (χ2n) is 15.0. The Balaban J connectivity index is 3.87. The van der Waals surface area contributed by atoms with E-state index in [9.17, 15) is 14.2 Å². The molecule has 0 aromatic rings. The highest BCUT2D eigenvalue weighted by atomic mass is 31.2. The minimum absolute atomic E-state index is 0.208. The second kappa shape index (κ2) is 40.2. The molecule has 0 spiro atoms. The number of allylic oxidation sites excluding steroid dienone is 4. The Morgan fingerprint density at radius 3 is 1.26 bits per heavy atom. The maximum Gasteiger partial charge on any atom is 0.469 e. The summed E-state index contributed by atoms with van der Waals surface area (Å²) in [6.07, 6.45) is 46.4. The van der Waals surface area contributed by atoms with Crippen molar-refractivity contribution in [1.82, 2.24) is 0 Å². The molecule has 0 aromatic carbocycles. The maximum atomic E-state index is 12.4. The van der Waals surface area contributed by atoms with Gasteiger partial charge >= 0.3 is 19.8 Å². The monoisotopic (exact) mass is 771 g/mol. The molecule has 0 aliphatic rings. The summed E-state index contributed by atoms with van der Waals surface area (Å²) < 4.78 is 26.3. The van der Waals surface area contributed by atoms with Crippen LogP contribution in [0.5, 0.6) is 0 Å². The molecule has 0 amide bonds. The van der Waals surface area contributed by atoms with Crippen LogP contribution < -0.4 is 0 Å². The number of ether oxygens (including phenoxy) is 2. The number of rotatable bonds is 41. The van der Waals surface area contributed by atoms with Gasteiger partial charge < -0.3 is 19.3 Å². The lowest BCUT2D eigenvalue weighted by Crippen LogP contribution is -2.29. The van der Waals surface area contributed by atoms with Crippen LogP contribution in [-0.2, 0) is 28.2 Å². The number of hydrogen-bond donors (Lipinski definition) is 2. The van der Waals surface area contributed by atoms with Gasteiger partial charge in [0.25, 0.3) is 0 Å². The second-order valence-corrected chi connectivity index (χ2v) is 16.3. The van der Waals surface area contributed by atoms with Gasteiger partial charge in [-0.25, -0.2) is 4.57 Å². The van der Waals surface area contributed by atoms with Crippen molar-refractivity contribution < 1.29 is 37.9 Å². The van der Waals surface area contributed by atoms with Crippen LogP contribution in [0.4, 0.5) is 0 Å². The highest BCUT2D eigenvalue weighted by Gasteiger charge is 2.22. The van der Waals surface area contributed by atoms with Crippen molar-refractivity contribution in [2.24, 2.45) is 0 Å². The molecule has 0 aromatic heterocycles. The predicted octanol–water partition coefficient (Wildman–Crippen LogP) is 13.6. The zero-order valence-electron chi connectivity index (χ0n) is 34.4. The molecular formula is C44H83O8P. The topological polar surface area (TPSA) is 119 Å². The van der Waals surface area contributed by atoms with Crippen LogP contribution in [0, 0.1) is 0 Å². The van der Waals surface area contributed by atoms with Gasteiger partial charge in [0.05, 0.1) is 6.61 Å². The first-order valence-corrected chi connectivity index (χ1v) is 23.7. The van der Waals surface area contributed by atoms with E-state index in [0.717, 1.165) is 44.9 Å². The minimum Gasteiger partial charge on any atom is -0.462 e. The summed E-state index contributed by atoms with van der Waals surface area (Å²) in [5, 5.41) is 0. The van der Waals surface area contributed by atoms with Crippen molar-refractivity contribution in [2.75, 3.05) is 13.2 Å². The van der Waals surface area contributed by atoms with Crippen molar-refractivity contribution in [2.45, 2.75) is 232 Å². The van der Waals surface area contributed by atoms with Crippen LogP contribution >= 0.6 is 7.82 Å². The summed E-state index contributed by atoms with van der Waals surface area (Å²) in [5.74, 6) is -0.926. The van der Waals surface area contributed by atoms with Gasteiger partial charge in [-0.2, -0.15) is 0 Å². The summed E-state index contributed by atoms with van der Waals surface area (Å²) in [7, 11) is -4.76. The third kappa shape index (κ3) is 43.1. The number of carbonyl (C=O) groups is 2. The van der Waals surface area contributed by atoms with Crippen molar-refractivity contribution in [1.29, 1.82) is 0 Å². The Hall–Kier alpha value is -1.47. The summed E-state index contributed by atoms with van der Waals surface area (Å²) in [6.45, 7) is 3.67. The molecule has 0 unspecified atom stereocenters. The molecule has 0 aliphatic carbocycles. The smallest absolute Gasteiger partial charge is 0.462 e. The van der Waals surface area contributed by atoms with Gasteiger partial charge in [-0.3, -0.25) is 14.1 Å². The lowest BCUT2D eigenvalue weighted by molar-refractivity contribution is -0.161. The van der Waals surface area contributed by atoms with E-state index in [4.69, 9.17) is 19.3 Å². The molecule has 8 nitrogen and oxygen atoms in total. The number of phosphoric acid groups is 1. The summed E-state index contributed by atoms with van der Waals surface area (Å²) in [6, 6.07) is 0. The average Bonchev–Trinajstić information content (AvgIpc) is 3.13. The van der Waals surface area contributed by atoms with Gasteiger partial charge in [0.2, 0.25) is 0 Å². The summed E-state index contributed by atoms with van der Waals surface area (Å²) in [4.78, 5) is 42.8. The standard InChI is InChI=1S/C44H83O8P/c1-3-5-7-9-11-13-15-17-18-19-20-21-22-23-24-25-26-27-29-30-32-34-36-38-43(45)50-40-42(41-51-53(47,48)49)52-44(46)39-37-35-33-31-28-16-14-12-10-8-6-4-2/h25-26,30,32,42H,3-24,27-29,31,33-41H2,1-2H3,(H2,47,48,49)/b26-25+,32-30+/t42-/m1/s1. The minimum atomic E-state index is -4.76. The molecule has 53 heavy (non-hydrogen) atoms. The Morgan fingerprint density at radius 1 is 0.472 bits per heavy atom. The molecule has 312 valence electrons. The van der Waals surface area contributed by atoms with Crippen LogP contribution in [-0.4, -0.2) is 41.0 Å². The van der Waals surface area contributed by atoms with E-state index in [0.29, 0.717) is 12.8 Å². The average molecular weight is 771 g/mol. The third-order valence-electron chi connectivity index (χ3n) is 9.70. The first kappa shape index (κ1) is 51.5. The Kier molecular flexibility index (Phi) is 39.1. The number of unbranched alkanes of at least 4 members (excludes halogenated alkanes) is 27. The first-order chi connectivity index (χ1) is 25.8. The zero-order valence-corrected chi connectivity index (χ0v) is 35.3. The van der Waals surface area contributed by atoms with Crippen molar-refractivity contribution in [3.05, 3.63) is 24.3 Å². The summed E-state index contributed by atoms with van der Waals surface area (Å²) in [5.41, 5.74) is 0. The van der Waals surface area contributed by atoms with E-state index in [1.54, 1.807) is 0 Å². The Bertz CT molecular complexity index is 915. The molecule has 2 N–H and O–H groups in total. The molecule has 0 heterocycles. The van der Waals surface area contributed by atoms with Crippen LogP contribution in [0.15, 0.2) is 24.3 Å². The van der Waals surface area contributed by atoms with Crippen LogP contribution in [0.3, 0.4) is 0 Å². The molecular weight excluding hydrogens is 687 g/mol. The molecule has 0 aliphatic heterocycles. The number of carbonyl (C=O) groups excluding carboxylic acids is 2. The van der Waals surface area contributed by atoms with E-state index in [1.807, 2.05) is 0 Å². The Morgan fingerprint density at radius 2 is 0.830 bits per heavy atom. The molecule has 0 radical (unpaired) electrons. The van der Waals surface area contributed by atoms with Gasteiger partial charge in [-0.1, -0.05) is 192 Å². The van der Waals surface area contributed by atoms with Crippen LogP contribution in [0.1, 0.15) is 226 Å². The molecule has 9 heteroatoms. The normalized spacial score (nSPS) is 12.6. The van der Waals surface area contributed by atoms with E-state index in [1.165, 1.54) is 141 Å². The van der Waals surface area contributed by atoms with Gasteiger partial charge in [0.1, 0.15) is 6.61 Å². The number of esters is 2. The lowest BCUT2D eigenvalue weighted by atomic mass is 10.0. The van der Waals surface area contributed by atoms with Crippen molar-refractivity contribution >= 4 is 19.8 Å². The highest BCUT2D eigenvalue weighted by Crippen LogP contribution is 2.36. The van der Waals surface area contributed by atoms with Crippen molar-refractivity contribution in [3.63, 3.8) is 0 Å². The Labute approximate surface area is 326 Å². The molecule has 0 rings (SSSR count). The first-order valence-electron chi connectivity index (χ1n) is 22.1. The largest absolute Gasteiger partial charge is 0.469 e. The van der Waals surface area contributed by atoms with Gasteiger partial charge in [-0.05, 0) is 44.9 Å². The van der Waals surface area contributed by atoms with Crippen LogP contribution in [0.25, 0.3) is 0 Å². The van der Waals surface area contributed by atoms with Gasteiger partial charge in [-0.15, -0.1) is 0 Å². The number of hydrogen-bond acceptors (Lipinski definition) is 6. The fourth-order valence-corrected chi connectivity index (χ4v) is 6.75. The number of phosphoric ester groups is 1. The molecule has 1 atom stereocenters. The van der Waals surface area contributed by atoms with Gasteiger partial charge in [0.15, 0.2) is 6.10 Å². The quantitative estimate of drug-likeness (QED) is 0.0273. The zero-order chi connectivity index (χ0) is 38.9. The molecule has 0 saturated heterocycles. The molecule has 0 saturated carbocycles. The van der Waals surface area contributed by atoms with Crippen LogP contribution in [0.2, 0.25) is 0 Å². The van der Waals surface area contributed by atoms with E-state index >= 15 is 0 Å². The van der Waals surface area contributed by atoms with E-state index in [2.05, 4.69) is 42.7 Å². The SMILES string of the molecule is CCCCCCCCCCCCCCCC/C=C/CC/C=C/CCCC(=O)OC[C@H](COP(=O)(O)O)OC(=O)CCCCCCCCCCCCCC. The van der Waals surface area contributed by atoms with Gasteiger partial charge in [0, 0.05) is 12.8 Å². The fraction of sp³-hybridized carbons (Fsp3) is 0.864.